The highest BCUT2D eigenvalue weighted by Gasteiger charge is 2.30. The van der Waals surface area contributed by atoms with Gasteiger partial charge < -0.3 is 33.8 Å². The average Bonchev–Trinajstić information content (AvgIpc) is 3.43. The second kappa shape index (κ2) is 53.3. The zero-order valence-electron chi connectivity index (χ0n) is 53.1. The molecule has 3 N–H and O–H groups in total. The Morgan fingerprint density at radius 1 is 0.341 bits per heavy atom. The van der Waals surface area contributed by atoms with Crippen molar-refractivity contribution in [3.63, 3.8) is 0 Å². The molecule has 486 valence electrons. The van der Waals surface area contributed by atoms with Gasteiger partial charge in [0.1, 0.15) is 19.3 Å². The van der Waals surface area contributed by atoms with E-state index in [1.54, 1.807) is 0 Å². The van der Waals surface area contributed by atoms with E-state index in [1.165, 1.54) is 89.9 Å². The average molecular weight is 1210 g/mol. The Balaban J connectivity index is 5.27. The SMILES string of the molecule is CCC(C)CCCCCCCCC(=O)OC[C@H](COP(=O)(O)OC[C@H](O)COP(=O)(O)OC[C@@H](COC(=O)CCCCCCCCCC(C)C)OC(=O)CCCCCCCCC(C)CC)OC(=O)CCCCCCCCCCCC(C)C. The molecule has 0 saturated heterocycles. The van der Waals surface area contributed by atoms with Crippen LogP contribution in [0.4, 0.5) is 0 Å². The minimum absolute atomic E-state index is 0.101. The maximum absolute atomic E-state index is 13.0. The van der Waals surface area contributed by atoms with Crippen LogP contribution >= 0.6 is 15.6 Å². The number of carbonyl (C=O) groups is 4. The number of carbonyl (C=O) groups excluding carboxylic acids is 4. The smallest absolute Gasteiger partial charge is 0.462 e. The van der Waals surface area contributed by atoms with Gasteiger partial charge in [-0.1, -0.05) is 248 Å². The quantitative estimate of drug-likeness (QED) is 0.0222. The van der Waals surface area contributed by atoms with Crippen molar-refractivity contribution < 1.29 is 80.2 Å². The van der Waals surface area contributed by atoms with Crippen molar-refractivity contribution in [2.75, 3.05) is 39.6 Å². The van der Waals surface area contributed by atoms with Crippen molar-refractivity contribution in [3.8, 4) is 0 Å². The number of unbranched alkanes of at least 4 members (excludes halogenated alkanes) is 24. The van der Waals surface area contributed by atoms with Crippen LogP contribution in [-0.4, -0.2) is 96.7 Å². The fourth-order valence-corrected chi connectivity index (χ4v) is 10.8. The van der Waals surface area contributed by atoms with E-state index in [0.29, 0.717) is 31.6 Å². The summed E-state index contributed by atoms with van der Waals surface area (Å²) in [7, 11) is -9.89. The summed E-state index contributed by atoms with van der Waals surface area (Å²) in [6.45, 7) is 13.9. The second-order valence-corrected chi connectivity index (χ2v) is 27.1. The highest BCUT2D eigenvalue weighted by molar-refractivity contribution is 7.47. The van der Waals surface area contributed by atoms with Crippen LogP contribution in [0.25, 0.3) is 0 Å². The molecule has 0 rings (SSSR count). The number of rotatable bonds is 60. The number of hydrogen-bond donors (Lipinski definition) is 3. The van der Waals surface area contributed by atoms with E-state index in [2.05, 4.69) is 55.4 Å². The third kappa shape index (κ3) is 54.7. The molecule has 0 aliphatic heterocycles. The summed E-state index contributed by atoms with van der Waals surface area (Å²) in [6, 6.07) is 0. The van der Waals surface area contributed by atoms with Gasteiger partial charge in [-0.3, -0.25) is 37.3 Å². The number of ether oxygens (including phenoxy) is 4. The highest BCUT2D eigenvalue weighted by atomic mass is 31.2. The maximum Gasteiger partial charge on any atom is 0.472 e. The summed E-state index contributed by atoms with van der Waals surface area (Å²) in [5.74, 6) is 0.748. The van der Waals surface area contributed by atoms with E-state index in [0.717, 1.165) is 120 Å². The second-order valence-electron chi connectivity index (χ2n) is 24.2. The molecule has 0 heterocycles. The normalized spacial score (nSPS) is 15.1. The largest absolute Gasteiger partial charge is 0.472 e. The van der Waals surface area contributed by atoms with Crippen LogP contribution in [0.2, 0.25) is 0 Å². The van der Waals surface area contributed by atoms with Crippen molar-refractivity contribution in [2.45, 2.75) is 318 Å². The fourth-order valence-electron chi connectivity index (χ4n) is 9.19. The van der Waals surface area contributed by atoms with Crippen LogP contribution in [0.5, 0.6) is 0 Å². The number of hydrogen-bond acceptors (Lipinski definition) is 15. The predicted molar refractivity (Wildman–Crippen MR) is 326 cm³/mol. The minimum Gasteiger partial charge on any atom is -0.462 e. The minimum atomic E-state index is -4.94. The van der Waals surface area contributed by atoms with Crippen LogP contribution in [-0.2, 0) is 65.4 Å². The number of phosphoric acid groups is 2. The molecule has 0 fully saturated rings. The van der Waals surface area contributed by atoms with Gasteiger partial charge in [0, 0.05) is 25.7 Å². The van der Waals surface area contributed by atoms with Gasteiger partial charge >= 0.3 is 39.5 Å². The van der Waals surface area contributed by atoms with Crippen LogP contribution in [0.1, 0.15) is 299 Å². The van der Waals surface area contributed by atoms with E-state index in [4.69, 9.17) is 37.0 Å². The lowest BCUT2D eigenvalue weighted by Gasteiger charge is -2.21. The van der Waals surface area contributed by atoms with E-state index in [9.17, 15) is 43.2 Å². The zero-order valence-corrected chi connectivity index (χ0v) is 54.9. The van der Waals surface area contributed by atoms with Crippen LogP contribution in [0.15, 0.2) is 0 Å². The summed E-state index contributed by atoms with van der Waals surface area (Å²) in [5.41, 5.74) is 0. The first-order valence-corrected chi connectivity index (χ1v) is 35.8. The zero-order chi connectivity index (χ0) is 61.1. The van der Waals surface area contributed by atoms with Crippen LogP contribution < -0.4 is 0 Å². The van der Waals surface area contributed by atoms with Crippen molar-refractivity contribution in [3.05, 3.63) is 0 Å². The number of aliphatic hydroxyl groups is 1. The van der Waals surface area contributed by atoms with Gasteiger partial charge in [0.25, 0.3) is 0 Å². The number of aliphatic hydroxyl groups excluding tert-OH is 1. The molecule has 0 aromatic heterocycles. The molecule has 0 spiro atoms. The van der Waals surface area contributed by atoms with Crippen molar-refractivity contribution in [1.29, 1.82) is 0 Å². The van der Waals surface area contributed by atoms with Gasteiger partial charge in [0.05, 0.1) is 26.4 Å². The van der Waals surface area contributed by atoms with Gasteiger partial charge in [0.15, 0.2) is 12.2 Å². The third-order valence-corrected chi connectivity index (χ3v) is 16.9. The van der Waals surface area contributed by atoms with Gasteiger partial charge in [0.2, 0.25) is 0 Å². The van der Waals surface area contributed by atoms with Crippen molar-refractivity contribution >= 4 is 39.5 Å². The molecule has 0 aromatic rings. The van der Waals surface area contributed by atoms with Crippen molar-refractivity contribution in [1.82, 2.24) is 0 Å². The molecule has 0 aliphatic rings. The molecule has 0 bridgehead atoms. The lowest BCUT2D eigenvalue weighted by Crippen LogP contribution is -2.30. The molecule has 17 nitrogen and oxygen atoms in total. The predicted octanol–water partition coefficient (Wildman–Crippen LogP) is 17.0. The van der Waals surface area contributed by atoms with Crippen LogP contribution in [0, 0.1) is 23.7 Å². The molecule has 0 amide bonds. The Hall–Kier alpha value is -1.94. The lowest BCUT2D eigenvalue weighted by atomic mass is 10.00. The van der Waals surface area contributed by atoms with E-state index in [-0.39, 0.29) is 25.7 Å². The van der Waals surface area contributed by atoms with E-state index < -0.39 is 97.5 Å². The Kier molecular flexibility index (Phi) is 52.0. The van der Waals surface area contributed by atoms with Gasteiger partial charge in [-0.25, -0.2) is 9.13 Å². The maximum atomic E-state index is 13.0. The first kappa shape index (κ1) is 80.1. The van der Waals surface area contributed by atoms with Gasteiger partial charge in [-0.05, 0) is 49.4 Å². The van der Waals surface area contributed by atoms with Gasteiger partial charge in [-0.15, -0.1) is 0 Å². The Morgan fingerprint density at radius 3 is 0.866 bits per heavy atom. The molecule has 0 radical (unpaired) electrons. The van der Waals surface area contributed by atoms with Crippen molar-refractivity contribution in [2.24, 2.45) is 23.7 Å². The Morgan fingerprint density at radius 2 is 0.585 bits per heavy atom. The lowest BCUT2D eigenvalue weighted by molar-refractivity contribution is -0.161. The molecule has 7 atom stereocenters. The van der Waals surface area contributed by atoms with E-state index >= 15 is 0 Å². The summed E-state index contributed by atoms with van der Waals surface area (Å²) in [6.07, 6.45) is 32.2. The van der Waals surface area contributed by atoms with Crippen LogP contribution in [0.3, 0.4) is 0 Å². The molecule has 4 unspecified atom stereocenters. The first-order valence-electron chi connectivity index (χ1n) is 32.8. The highest BCUT2D eigenvalue weighted by Crippen LogP contribution is 2.45. The number of esters is 4. The summed E-state index contributed by atoms with van der Waals surface area (Å²) in [5, 5.41) is 10.5. The molecular formula is C63H122O17P2. The summed E-state index contributed by atoms with van der Waals surface area (Å²) < 4.78 is 67.9. The molecule has 0 aromatic carbocycles. The summed E-state index contributed by atoms with van der Waals surface area (Å²) >= 11 is 0. The Labute approximate surface area is 498 Å². The molecule has 0 saturated carbocycles. The standard InChI is InChI=1S/C63H122O17P2/c1-9-55(7)41-33-25-19-21-28-36-44-61(66)74-50-58(79-62(67)45-37-29-17-13-11-12-15-23-31-39-53(3)4)51-77-81(69,70)75-47-57(64)48-76-82(71,72)78-52-59(80-63(68)46-38-30-22-20-26-34-42-56(8)10-2)49-73-60(65)43-35-27-18-14-16-24-32-40-54(5)6/h53-59,64H,9-52H2,1-8H3,(H,69,70)(H,71,72)/t55?,56?,57-,58+,59+/m0/s1. The molecular weight excluding hydrogens is 1090 g/mol. The molecule has 19 heteroatoms. The Bertz CT molecular complexity index is 1650. The molecule has 0 aliphatic carbocycles. The third-order valence-electron chi connectivity index (χ3n) is 15.0. The monoisotopic (exact) mass is 1210 g/mol. The fraction of sp³-hybridized carbons (Fsp3) is 0.937. The first-order chi connectivity index (χ1) is 39.2. The topological polar surface area (TPSA) is 237 Å². The van der Waals surface area contributed by atoms with E-state index in [1.807, 2.05) is 0 Å². The number of phosphoric ester groups is 2. The summed E-state index contributed by atoms with van der Waals surface area (Å²) in [4.78, 5) is 72.1. The molecule has 82 heavy (non-hydrogen) atoms. The van der Waals surface area contributed by atoms with Gasteiger partial charge in [-0.2, -0.15) is 0 Å².